The van der Waals surface area contributed by atoms with Gasteiger partial charge in [-0.2, -0.15) is 0 Å². The topological polar surface area (TPSA) is 17.3 Å². The van der Waals surface area contributed by atoms with Crippen molar-refractivity contribution in [2.75, 3.05) is 0 Å². The lowest BCUT2D eigenvalue weighted by molar-refractivity contribution is 0.628. The summed E-state index contributed by atoms with van der Waals surface area (Å²) < 4.78 is 29.0. The Kier molecular flexibility index (Phi) is 7.68. The smallest absolute Gasteiger partial charge is 0.195 e. The van der Waals surface area contributed by atoms with E-state index in [2.05, 4.69) is 4.99 Å². The van der Waals surface area contributed by atoms with Crippen LogP contribution in [0.1, 0.15) is 0 Å². The zero-order valence-electron chi connectivity index (χ0n) is 15.3. The third kappa shape index (κ3) is 5.08. The van der Waals surface area contributed by atoms with Gasteiger partial charge >= 0.3 is 0 Å². The van der Waals surface area contributed by atoms with E-state index in [9.17, 15) is 8.78 Å². The summed E-state index contributed by atoms with van der Waals surface area (Å²) in [5.74, 6) is -1.05. The highest BCUT2D eigenvalue weighted by Crippen LogP contribution is 2.31. The Bertz CT molecular complexity index is 1330. The van der Waals surface area contributed by atoms with Gasteiger partial charge in [-0.1, -0.05) is 46.4 Å². The van der Waals surface area contributed by atoms with Gasteiger partial charge in [0, 0.05) is 16.0 Å². The summed E-state index contributed by atoms with van der Waals surface area (Å²) in [5.41, 5.74) is 2.44. The Morgan fingerprint density at radius 3 is 2.10 bits per heavy atom. The van der Waals surface area contributed by atoms with Crippen molar-refractivity contribution >= 4 is 75.8 Å². The molecule has 0 aliphatic heterocycles. The zero-order chi connectivity index (χ0) is 21.4. The Morgan fingerprint density at radius 1 is 0.774 bits per heavy atom. The normalized spacial score (nSPS) is 11.5. The van der Waals surface area contributed by atoms with Crippen molar-refractivity contribution in [1.82, 2.24) is 4.57 Å². The molecule has 0 fully saturated rings. The molecule has 160 valence electrons. The number of rotatable bonds is 3. The molecule has 0 radical (unpaired) electrons. The van der Waals surface area contributed by atoms with E-state index in [-0.39, 0.29) is 22.5 Å². The number of hydrogen-bond acceptors (Lipinski definition) is 2. The number of aromatic nitrogens is 1. The number of thiazole rings is 1. The largest absolute Gasteiger partial charge is 0.284 e. The lowest BCUT2D eigenvalue weighted by Gasteiger charge is -2.12. The minimum atomic E-state index is -0.530. The minimum absolute atomic E-state index is 0. The first-order valence-electron chi connectivity index (χ1n) is 8.44. The number of halogens is 7. The van der Waals surface area contributed by atoms with Gasteiger partial charge in [0.2, 0.25) is 0 Å². The monoisotopic (exact) mass is 536 g/mol. The van der Waals surface area contributed by atoms with Crippen LogP contribution in [0.4, 0.5) is 14.5 Å². The maximum Gasteiger partial charge on any atom is 0.195 e. The first kappa shape index (κ1) is 24.1. The molecule has 0 aliphatic carbocycles. The molecule has 31 heavy (non-hydrogen) atoms. The maximum absolute atomic E-state index is 13.7. The molecule has 3 aromatic carbocycles. The molecule has 0 saturated carbocycles. The van der Waals surface area contributed by atoms with Crippen LogP contribution in [0.5, 0.6) is 0 Å². The Morgan fingerprint density at radius 2 is 1.45 bits per heavy atom. The Hall–Kier alpha value is -1.60. The minimum Gasteiger partial charge on any atom is -0.284 e. The standard InChI is InChI=1S/C21H10Cl4F2N2S.ClH/c22-12-2-6-19(16(25)8-12)29-20(11-1-4-17(26)14(23)7-11)10-30-21(29)28-13-3-5-18(27)15(24)9-13;/h1-10H;1H. The van der Waals surface area contributed by atoms with E-state index in [1.54, 1.807) is 28.8 Å². The van der Waals surface area contributed by atoms with Crippen LogP contribution in [0, 0.1) is 11.6 Å². The van der Waals surface area contributed by atoms with Crippen LogP contribution in [0.2, 0.25) is 20.1 Å². The maximum atomic E-state index is 13.7. The molecule has 0 spiro atoms. The molecule has 2 nitrogen and oxygen atoms in total. The summed E-state index contributed by atoms with van der Waals surface area (Å²) >= 11 is 25.7. The van der Waals surface area contributed by atoms with Gasteiger partial charge in [0.05, 0.1) is 32.1 Å². The predicted octanol–water partition coefficient (Wildman–Crippen LogP) is 8.75. The molecule has 0 unspecified atom stereocenters. The average molecular weight is 539 g/mol. The van der Waals surface area contributed by atoms with E-state index >= 15 is 0 Å². The van der Waals surface area contributed by atoms with Crippen LogP contribution in [0.25, 0.3) is 16.9 Å². The Labute approximate surface area is 206 Å². The molecule has 1 heterocycles. The highest BCUT2D eigenvalue weighted by Gasteiger charge is 2.15. The third-order valence-electron chi connectivity index (χ3n) is 4.20. The molecule has 0 saturated heterocycles. The van der Waals surface area contributed by atoms with E-state index in [4.69, 9.17) is 46.4 Å². The summed E-state index contributed by atoms with van der Waals surface area (Å²) in [5, 5.41) is 2.69. The van der Waals surface area contributed by atoms with Crippen LogP contribution in [-0.2, 0) is 0 Å². The van der Waals surface area contributed by atoms with Crippen molar-refractivity contribution in [3.63, 3.8) is 0 Å². The quantitative estimate of drug-likeness (QED) is 0.248. The number of nitrogens with zero attached hydrogens (tertiary/aromatic N) is 2. The molecule has 0 N–H and O–H groups in total. The molecular weight excluding hydrogens is 528 g/mol. The van der Waals surface area contributed by atoms with E-state index in [1.165, 1.54) is 41.7 Å². The van der Waals surface area contributed by atoms with Crippen molar-refractivity contribution in [2.24, 2.45) is 4.99 Å². The molecule has 0 atom stereocenters. The summed E-state index contributed by atoms with van der Waals surface area (Å²) in [6.07, 6.45) is 0. The molecule has 0 bridgehead atoms. The van der Waals surface area contributed by atoms with E-state index in [1.807, 2.05) is 5.38 Å². The van der Waals surface area contributed by atoms with Crippen molar-refractivity contribution in [2.45, 2.75) is 0 Å². The van der Waals surface area contributed by atoms with Crippen LogP contribution < -0.4 is 4.80 Å². The van der Waals surface area contributed by atoms with E-state index in [0.717, 1.165) is 0 Å². The second kappa shape index (κ2) is 9.90. The summed E-state index contributed by atoms with van der Waals surface area (Å²) in [7, 11) is 0. The van der Waals surface area contributed by atoms with Crippen molar-refractivity contribution in [3.05, 3.63) is 96.5 Å². The third-order valence-corrected chi connectivity index (χ3v) is 6.14. The van der Waals surface area contributed by atoms with Gasteiger partial charge in [0.25, 0.3) is 0 Å². The van der Waals surface area contributed by atoms with Gasteiger partial charge in [0.15, 0.2) is 4.80 Å². The van der Waals surface area contributed by atoms with Gasteiger partial charge < -0.3 is 0 Å². The van der Waals surface area contributed by atoms with Crippen LogP contribution in [-0.4, -0.2) is 4.57 Å². The number of benzene rings is 3. The molecule has 0 amide bonds. The number of hydrogen-bond donors (Lipinski definition) is 0. The second-order valence-corrected chi connectivity index (χ2v) is 8.67. The van der Waals surface area contributed by atoms with Gasteiger partial charge in [-0.25, -0.2) is 13.8 Å². The predicted molar refractivity (Wildman–Crippen MR) is 128 cm³/mol. The van der Waals surface area contributed by atoms with Gasteiger partial charge in [0.1, 0.15) is 11.6 Å². The van der Waals surface area contributed by atoms with E-state index in [0.29, 0.717) is 37.5 Å². The zero-order valence-corrected chi connectivity index (χ0v) is 19.9. The second-order valence-electron chi connectivity index (χ2n) is 6.17. The average Bonchev–Trinajstić information content (AvgIpc) is 3.10. The fourth-order valence-electron chi connectivity index (χ4n) is 2.81. The first-order valence-corrected chi connectivity index (χ1v) is 10.8. The fourth-order valence-corrected chi connectivity index (χ4v) is 4.57. The SMILES string of the molecule is Cl.Fc1ccc(N=c2scc(-c3ccc(F)c(Cl)c3)n2-c2ccc(Cl)cc2Cl)cc1Cl. The van der Waals surface area contributed by atoms with Crippen LogP contribution in [0.15, 0.2) is 65.0 Å². The van der Waals surface area contributed by atoms with Gasteiger partial charge in [-0.3, -0.25) is 4.57 Å². The molecular formula is C21H11Cl5F2N2S. The van der Waals surface area contributed by atoms with Gasteiger partial charge in [-0.15, -0.1) is 23.7 Å². The highest BCUT2D eigenvalue weighted by molar-refractivity contribution is 7.07. The molecule has 10 heteroatoms. The molecule has 0 aliphatic rings. The fraction of sp³-hybridized carbons (Fsp3) is 0. The van der Waals surface area contributed by atoms with Crippen molar-refractivity contribution in [1.29, 1.82) is 0 Å². The molecule has 1 aromatic heterocycles. The van der Waals surface area contributed by atoms with Crippen molar-refractivity contribution in [3.8, 4) is 16.9 Å². The molecule has 4 rings (SSSR count). The van der Waals surface area contributed by atoms with Crippen molar-refractivity contribution < 1.29 is 8.78 Å². The van der Waals surface area contributed by atoms with Crippen LogP contribution in [0.3, 0.4) is 0 Å². The summed E-state index contributed by atoms with van der Waals surface area (Å²) in [6.45, 7) is 0. The van der Waals surface area contributed by atoms with Crippen LogP contribution >= 0.6 is 70.1 Å². The Balaban J connectivity index is 0.00000272. The first-order chi connectivity index (χ1) is 14.3. The lowest BCUT2D eigenvalue weighted by atomic mass is 10.1. The van der Waals surface area contributed by atoms with E-state index < -0.39 is 11.6 Å². The summed E-state index contributed by atoms with van der Waals surface area (Å²) in [6, 6.07) is 13.7. The van der Waals surface area contributed by atoms with Gasteiger partial charge in [-0.05, 0) is 54.6 Å². The lowest BCUT2D eigenvalue weighted by Crippen LogP contribution is -2.14. The highest BCUT2D eigenvalue weighted by atomic mass is 35.5. The molecule has 4 aromatic rings. The summed E-state index contributed by atoms with van der Waals surface area (Å²) in [4.78, 5) is 5.14.